The van der Waals surface area contributed by atoms with Crippen LogP contribution in [-0.2, 0) is 24.3 Å². The van der Waals surface area contributed by atoms with Crippen LogP contribution in [0.15, 0.2) is 18.3 Å². The molecule has 2 saturated heterocycles. The van der Waals surface area contributed by atoms with Crippen LogP contribution in [0.3, 0.4) is 0 Å². The van der Waals surface area contributed by atoms with Crippen molar-refractivity contribution in [1.29, 1.82) is 0 Å². The van der Waals surface area contributed by atoms with Gasteiger partial charge >= 0.3 is 0 Å². The van der Waals surface area contributed by atoms with Gasteiger partial charge in [-0.05, 0) is 25.0 Å². The molecule has 11 heteroatoms. The van der Waals surface area contributed by atoms with Gasteiger partial charge in [0, 0.05) is 57.9 Å². The van der Waals surface area contributed by atoms with Crippen molar-refractivity contribution in [2.45, 2.75) is 36.3 Å². The minimum absolute atomic E-state index is 0.0216. The van der Waals surface area contributed by atoms with Crippen molar-refractivity contribution in [3.63, 3.8) is 0 Å². The number of aromatic nitrogens is 1. The second kappa shape index (κ2) is 10.0. The summed E-state index contributed by atoms with van der Waals surface area (Å²) in [7, 11) is -2.35. The maximum atomic E-state index is 13.3. The van der Waals surface area contributed by atoms with Crippen LogP contribution in [0.25, 0.3) is 0 Å². The van der Waals surface area contributed by atoms with Gasteiger partial charge < -0.3 is 14.2 Å². The van der Waals surface area contributed by atoms with Crippen LogP contribution < -0.4 is 10.2 Å². The molecule has 3 rings (SSSR count). The van der Waals surface area contributed by atoms with E-state index < -0.39 is 20.7 Å². The summed E-state index contributed by atoms with van der Waals surface area (Å²) in [5.74, 6) is -0.104. The highest BCUT2D eigenvalue weighted by molar-refractivity contribution is 7.91. The molecule has 0 aliphatic carbocycles. The molecule has 0 saturated carbocycles. The second-order valence-electron chi connectivity index (χ2n) is 7.49. The number of methoxy groups -OCH3 is 1. The molecular formula is C19H29N3O7S. The zero-order valence-electron chi connectivity index (χ0n) is 17.1. The Morgan fingerprint density at radius 1 is 1.30 bits per heavy atom. The molecule has 0 aromatic carbocycles. The minimum atomic E-state index is -3.95. The maximum absolute atomic E-state index is 13.3. The van der Waals surface area contributed by atoms with Crippen LogP contribution in [0.2, 0.25) is 0 Å². The zero-order chi connectivity index (χ0) is 21.6. The first-order chi connectivity index (χ1) is 14.4. The maximum Gasteiger partial charge on any atom is 0.266 e. The Morgan fingerprint density at radius 2 is 2.00 bits per heavy atom. The SMILES string of the molecule is COCCOc1ccc(C2CCN(S(=O)(=O)C3(C(=O)NO)CCOCC3)CC2)nc1. The summed E-state index contributed by atoms with van der Waals surface area (Å²) in [5.41, 5.74) is 2.44. The summed E-state index contributed by atoms with van der Waals surface area (Å²) in [6, 6.07) is 3.75. The fourth-order valence-electron chi connectivity index (χ4n) is 4.01. The van der Waals surface area contributed by atoms with E-state index in [1.807, 2.05) is 12.1 Å². The number of nitrogens with zero attached hydrogens (tertiary/aromatic N) is 2. The van der Waals surface area contributed by atoms with Crippen LogP contribution in [0.1, 0.15) is 37.3 Å². The molecule has 2 aliphatic heterocycles. The van der Waals surface area contributed by atoms with E-state index in [2.05, 4.69) is 4.98 Å². The first-order valence-corrected chi connectivity index (χ1v) is 11.5. The molecule has 0 bridgehead atoms. The Hall–Kier alpha value is -1.79. The highest BCUT2D eigenvalue weighted by Crippen LogP contribution is 2.36. The fourth-order valence-corrected chi connectivity index (χ4v) is 6.15. The number of carbonyl (C=O) groups is 1. The molecule has 3 heterocycles. The van der Waals surface area contributed by atoms with Crippen molar-refractivity contribution >= 4 is 15.9 Å². The Labute approximate surface area is 176 Å². The van der Waals surface area contributed by atoms with E-state index >= 15 is 0 Å². The molecule has 1 aromatic rings. The highest BCUT2D eigenvalue weighted by atomic mass is 32.2. The van der Waals surface area contributed by atoms with E-state index in [-0.39, 0.29) is 32.0 Å². The van der Waals surface area contributed by atoms with Crippen LogP contribution in [-0.4, -0.2) is 80.2 Å². The summed E-state index contributed by atoms with van der Waals surface area (Å²) < 4.78 is 42.1. The molecule has 0 unspecified atom stereocenters. The summed E-state index contributed by atoms with van der Waals surface area (Å²) >= 11 is 0. The lowest BCUT2D eigenvalue weighted by Crippen LogP contribution is -2.60. The van der Waals surface area contributed by atoms with Gasteiger partial charge in [-0.2, -0.15) is 0 Å². The van der Waals surface area contributed by atoms with Crippen molar-refractivity contribution in [1.82, 2.24) is 14.8 Å². The number of ether oxygens (including phenoxy) is 3. The molecule has 0 atom stereocenters. The second-order valence-corrected chi connectivity index (χ2v) is 9.73. The number of rotatable bonds is 8. The standard InChI is InChI=1S/C19H29N3O7S/c1-27-12-13-29-16-2-3-17(20-14-16)15-4-8-22(9-5-15)30(25,26)19(18(23)21-24)6-10-28-11-7-19/h2-3,14-15,24H,4-13H2,1H3,(H,21,23). The highest BCUT2D eigenvalue weighted by Gasteiger charge is 2.54. The molecule has 0 radical (unpaired) electrons. The molecule has 2 N–H and O–H groups in total. The van der Waals surface area contributed by atoms with Gasteiger partial charge in [0.1, 0.15) is 12.4 Å². The average Bonchev–Trinajstić information content (AvgIpc) is 2.79. The number of carbonyl (C=O) groups excluding carboxylic acids is 1. The predicted molar refractivity (Wildman–Crippen MR) is 107 cm³/mol. The summed E-state index contributed by atoms with van der Waals surface area (Å²) in [4.78, 5) is 16.8. The lowest BCUT2D eigenvalue weighted by atomic mass is 9.94. The molecule has 1 aromatic heterocycles. The smallest absolute Gasteiger partial charge is 0.266 e. The summed E-state index contributed by atoms with van der Waals surface area (Å²) in [5, 5.41) is 9.15. The van der Waals surface area contributed by atoms with Gasteiger partial charge in [-0.1, -0.05) is 0 Å². The third-order valence-electron chi connectivity index (χ3n) is 5.84. The third kappa shape index (κ3) is 4.59. The molecular weight excluding hydrogens is 414 g/mol. The number of pyridine rings is 1. The van der Waals surface area contributed by atoms with Crippen molar-refractivity contribution in [3.8, 4) is 5.75 Å². The van der Waals surface area contributed by atoms with Gasteiger partial charge in [0.05, 0.1) is 12.8 Å². The molecule has 1 amide bonds. The van der Waals surface area contributed by atoms with E-state index in [1.54, 1.807) is 18.8 Å². The first-order valence-electron chi connectivity index (χ1n) is 10.0. The van der Waals surface area contributed by atoms with Gasteiger partial charge in [-0.15, -0.1) is 0 Å². The fraction of sp³-hybridized carbons (Fsp3) is 0.684. The number of nitrogens with one attached hydrogen (secondary N) is 1. The lowest BCUT2D eigenvalue weighted by Gasteiger charge is -2.40. The van der Waals surface area contributed by atoms with E-state index in [4.69, 9.17) is 19.4 Å². The normalized spacial score (nSPS) is 20.6. The molecule has 0 spiro atoms. The van der Waals surface area contributed by atoms with Crippen LogP contribution in [0.4, 0.5) is 0 Å². The zero-order valence-corrected chi connectivity index (χ0v) is 17.9. The number of sulfonamides is 1. The van der Waals surface area contributed by atoms with Crippen molar-refractivity contribution in [2.24, 2.45) is 0 Å². The number of hydrogen-bond donors (Lipinski definition) is 2. The quantitative estimate of drug-likeness (QED) is 0.341. The monoisotopic (exact) mass is 443 g/mol. The van der Waals surface area contributed by atoms with Crippen LogP contribution >= 0.6 is 0 Å². The van der Waals surface area contributed by atoms with Gasteiger partial charge in [-0.25, -0.2) is 18.2 Å². The van der Waals surface area contributed by atoms with Gasteiger partial charge in [0.2, 0.25) is 10.0 Å². The third-order valence-corrected chi connectivity index (χ3v) is 8.46. The largest absolute Gasteiger partial charge is 0.490 e. The Balaban J connectivity index is 1.64. The number of hydroxylamine groups is 1. The molecule has 168 valence electrons. The van der Waals surface area contributed by atoms with E-state index in [1.165, 1.54) is 4.31 Å². The van der Waals surface area contributed by atoms with Gasteiger partial charge in [-0.3, -0.25) is 15.0 Å². The predicted octanol–water partition coefficient (Wildman–Crippen LogP) is 0.671. The van der Waals surface area contributed by atoms with E-state index in [0.29, 0.717) is 44.9 Å². The summed E-state index contributed by atoms with van der Waals surface area (Å²) in [6.45, 7) is 1.85. The Bertz CT molecular complexity index is 802. The molecule has 10 nitrogen and oxygen atoms in total. The van der Waals surface area contributed by atoms with Crippen LogP contribution in [0.5, 0.6) is 5.75 Å². The number of hydrogen-bond acceptors (Lipinski definition) is 8. The molecule has 2 aliphatic rings. The average molecular weight is 444 g/mol. The first kappa shape index (κ1) is 22.9. The van der Waals surface area contributed by atoms with Gasteiger partial charge in [0.25, 0.3) is 5.91 Å². The lowest BCUT2D eigenvalue weighted by molar-refractivity contribution is -0.134. The van der Waals surface area contributed by atoms with E-state index in [9.17, 15) is 13.2 Å². The van der Waals surface area contributed by atoms with Crippen molar-refractivity contribution in [3.05, 3.63) is 24.0 Å². The van der Waals surface area contributed by atoms with Crippen molar-refractivity contribution in [2.75, 3.05) is 46.6 Å². The Morgan fingerprint density at radius 3 is 2.57 bits per heavy atom. The van der Waals surface area contributed by atoms with Crippen LogP contribution in [0, 0.1) is 0 Å². The Kier molecular flexibility index (Phi) is 7.64. The minimum Gasteiger partial charge on any atom is -0.490 e. The number of piperidine rings is 1. The molecule has 30 heavy (non-hydrogen) atoms. The number of amides is 1. The van der Waals surface area contributed by atoms with Gasteiger partial charge in [0.15, 0.2) is 4.75 Å². The summed E-state index contributed by atoms with van der Waals surface area (Å²) in [6.07, 6.45) is 2.91. The topological polar surface area (TPSA) is 127 Å². The molecule has 2 fully saturated rings. The van der Waals surface area contributed by atoms with Crippen molar-refractivity contribution < 1.29 is 32.6 Å². The van der Waals surface area contributed by atoms with E-state index in [0.717, 1.165) is 5.69 Å².